The van der Waals surface area contributed by atoms with Crippen molar-refractivity contribution < 1.29 is 19.1 Å². The predicted molar refractivity (Wildman–Crippen MR) is 84.0 cm³/mol. The molecule has 0 bridgehead atoms. The van der Waals surface area contributed by atoms with Crippen molar-refractivity contribution in [1.29, 1.82) is 0 Å². The van der Waals surface area contributed by atoms with E-state index in [9.17, 15) is 14.4 Å². The summed E-state index contributed by atoms with van der Waals surface area (Å²) < 4.78 is 4.88. The Morgan fingerprint density at radius 2 is 1.83 bits per heavy atom. The molecule has 2 rings (SSSR count). The Morgan fingerprint density at radius 1 is 1.17 bits per heavy atom. The first kappa shape index (κ1) is 16.8. The lowest BCUT2D eigenvalue weighted by Gasteiger charge is -2.23. The number of nitrogens with two attached hydrogens (primary N) is 1. The molecule has 8 heteroatoms. The molecule has 0 radical (unpaired) electrons. The third-order valence-corrected chi connectivity index (χ3v) is 3.45. The summed E-state index contributed by atoms with van der Waals surface area (Å²) in [5.41, 5.74) is 5.96. The molecule has 0 spiro atoms. The van der Waals surface area contributed by atoms with Gasteiger partial charge in [-0.25, -0.2) is 4.79 Å². The molecular weight excluding hydrogens is 300 g/mol. The fourth-order valence-electron chi connectivity index (χ4n) is 2.22. The zero-order valence-corrected chi connectivity index (χ0v) is 12.6. The first-order valence-corrected chi connectivity index (χ1v) is 7.38. The highest BCUT2D eigenvalue weighted by atomic mass is 16.6. The molecule has 1 aromatic carbocycles. The van der Waals surface area contributed by atoms with E-state index in [4.69, 9.17) is 10.5 Å². The number of piperidine rings is 1. The molecule has 0 saturated carbocycles. The van der Waals surface area contributed by atoms with Gasteiger partial charge in [0.2, 0.25) is 5.91 Å². The van der Waals surface area contributed by atoms with Gasteiger partial charge in [0.1, 0.15) is 0 Å². The maximum absolute atomic E-state index is 11.7. The number of primary amides is 1. The van der Waals surface area contributed by atoms with Crippen LogP contribution in [0.15, 0.2) is 24.3 Å². The molecule has 1 aromatic rings. The number of hydrogen-bond acceptors (Lipinski definition) is 5. The van der Waals surface area contributed by atoms with Crippen molar-refractivity contribution in [2.75, 3.05) is 25.0 Å². The van der Waals surface area contributed by atoms with Crippen LogP contribution in [0.4, 0.5) is 10.5 Å². The maximum Gasteiger partial charge on any atom is 0.407 e. The third kappa shape index (κ3) is 5.59. The lowest BCUT2D eigenvalue weighted by atomic mass is 10.1. The lowest BCUT2D eigenvalue weighted by molar-refractivity contribution is -0.119. The number of hydrogen-bond donors (Lipinski definition) is 4. The lowest BCUT2D eigenvalue weighted by Crippen LogP contribution is -2.43. The van der Waals surface area contributed by atoms with Gasteiger partial charge < -0.3 is 26.4 Å². The van der Waals surface area contributed by atoms with Crippen molar-refractivity contribution in [1.82, 2.24) is 10.6 Å². The molecule has 1 fully saturated rings. The Morgan fingerprint density at radius 3 is 2.43 bits per heavy atom. The molecule has 1 saturated heterocycles. The van der Waals surface area contributed by atoms with Gasteiger partial charge in [-0.3, -0.25) is 9.59 Å². The highest BCUT2D eigenvalue weighted by molar-refractivity contribution is 5.95. The van der Waals surface area contributed by atoms with E-state index in [0.717, 1.165) is 25.9 Å². The van der Waals surface area contributed by atoms with Crippen molar-refractivity contribution in [3.63, 3.8) is 0 Å². The smallest absolute Gasteiger partial charge is 0.407 e. The number of anilines is 1. The normalized spacial score (nSPS) is 14.8. The molecule has 0 aliphatic carbocycles. The van der Waals surface area contributed by atoms with E-state index >= 15 is 0 Å². The van der Waals surface area contributed by atoms with Crippen molar-refractivity contribution >= 4 is 23.6 Å². The van der Waals surface area contributed by atoms with E-state index in [1.165, 1.54) is 12.1 Å². The topological polar surface area (TPSA) is 123 Å². The van der Waals surface area contributed by atoms with E-state index in [1.54, 1.807) is 12.1 Å². The number of ether oxygens (including phenoxy) is 1. The van der Waals surface area contributed by atoms with Gasteiger partial charge in [0.15, 0.2) is 6.61 Å². The minimum Gasteiger partial charge on any atom is -0.439 e. The zero-order valence-electron chi connectivity index (χ0n) is 12.6. The molecule has 0 unspecified atom stereocenters. The standard InChI is InChI=1S/C15H20N4O4/c16-14(21)10-1-3-11(4-2-10)18-13(20)9-23-15(22)19-12-5-7-17-8-6-12/h1-4,12,17H,5-9H2,(H2,16,21)(H,18,20)(H,19,22). The highest BCUT2D eigenvalue weighted by Gasteiger charge is 2.16. The number of carbonyl (C=O) groups excluding carboxylic acids is 3. The van der Waals surface area contributed by atoms with E-state index in [0.29, 0.717) is 11.3 Å². The summed E-state index contributed by atoms with van der Waals surface area (Å²) in [7, 11) is 0. The summed E-state index contributed by atoms with van der Waals surface area (Å²) in [5, 5.41) is 8.48. The average molecular weight is 320 g/mol. The van der Waals surface area contributed by atoms with Gasteiger partial charge in [-0.2, -0.15) is 0 Å². The Labute approximate surface area is 133 Å². The summed E-state index contributed by atoms with van der Waals surface area (Å²) in [6.07, 6.45) is 1.08. The summed E-state index contributed by atoms with van der Waals surface area (Å²) in [5.74, 6) is -1.00. The fourth-order valence-corrected chi connectivity index (χ4v) is 2.22. The molecular formula is C15H20N4O4. The quantitative estimate of drug-likeness (QED) is 0.617. The van der Waals surface area contributed by atoms with E-state index in [2.05, 4.69) is 16.0 Å². The van der Waals surface area contributed by atoms with Crippen LogP contribution in [0.3, 0.4) is 0 Å². The molecule has 5 N–H and O–H groups in total. The molecule has 8 nitrogen and oxygen atoms in total. The largest absolute Gasteiger partial charge is 0.439 e. The number of nitrogens with one attached hydrogen (secondary N) is 3. The molecule has 3 amide bonds. The van der Waals surface area contributed by atoms with Crippen LogP contribution in [0.5, 0.6) is 0 Å². The second-order valence-electron chi connectivity index (χ2n) is 5.23. The van der Waals surface area contributed by atoms with E-state index < -0.39 is 17.9 Å². The summed E-state index contributed by atoms with van der Waals surface area (Å²) in [4.78, 5) is 34.3. The van der Waals surface area contributed by atoms with Crippen LogP contribution in [-0.2, 0) is 9.53 Å². The molecule has 23 heavy (non-hydrogen) atoms. The molecule has 1 aliphatic rings. The highest BCUT2D eigenvalue weighted by Crippen LogP contribution is 2.09. The van der Waals surface area contributed by atoms with Crippen LogP contribution in [-0.4, -0.2) is 43.6 Å². The van der Waals surface area contributed by atoms with Crippen molar-refractivity contribution in [3.05, 3.63) is 29.8 Å². The molecule has 1 heterocycles. The molecule has 1 aliphatic heterocycles. The second-order valence-corrected chi connectivity index (χ2v) is 5.23. The van der Waals surface area contributed by atoms with Crippen LogP contribution in [0.1, 0.15) is 23.2 Å². The van der Waals surface area contributed by atoms with Crippen LogP contribution in [0.2, 0.25) is 0 Å². The van der Waals surface area contributed by atoms with Gasteiger partial charge >= 0.3 is 6.09 Å². The van der Waals surface area contributed by atoms with Gasteiger partial charge in [0.25, 0.3) is 5.91 Å². The summed E-state index contributed by atoms with van der Waals surface area (Å²) >= 11 is 0. The number of rotatable bonds is 5. The van der Waals surface area contributed by atoms with Crippen molar-refractivity contribution in [2.24, 2.45) is 5.73 Å². The average Bonchev–Trinajstić information content (AvgIpc) is 2.54. The molecule has 124 valence electrons. The van der Waals surface area contributed by atoms with Crippen LogP contribution in [0, 0.1) is 0 Å². The number of carbonyl (C=O) groups is 3. The minimum absolute atomic E-state index is 0.0770. The first-order chi connectivity index (χ1) is 11.0. The minimum atomic E-state index is -0.601. The zero-order chi connectivity index (χ0) is 16.7. The van der Waals surface area contributed by atoms with E-state index in [1.807, 2.05) is 0 Å². The molecule has 0 aromatic heterocycles. The van der Waals surface area contributed by atoms with Crippen molar-refractivity contribution in [3.8, 4) is 0 Å². The van der Waals surface area contributed by atoms with Gasteiger partial charge in [-0.05, 0) is 50.2 Å². The monoisotopic (exact) mass is 320 g/mol. The Kier molecular flexibility index (Phi) is 5.93. The van der Waals surface area contributed by atoms with Gasteiger partial charge in [0.05, 0.1) is 0 Å². The number of alkyl carbamates (subject to hydrolysis) is 1. The van der Waals surface area contributed by atoms with Gasteiger partial charge in [-0.15, -0.1) is 0 Å². The Balaban J connectivity index is 1.71. The van der Waals surface area contributed by atoms with Crippen molar-refractivity contribution in [2.45, 2.75) is 18.9 Å². The summed E-state index contributed by atoms with van der Waals surface area (Å²) in [6, 6.07) is 6.18. The van der Waals surface area contributed by atoms with E-state index in [-0.39, 0.29) is 12.6 Å². The van der Waals surface area contributed by atoms with Crippen LogP contribution < -0.4 is 21.7 Å². The Hall–Kier alpha value is -2.61. The van der Waals surface area contributed by atoms with Gasteiger partial charge in [0, 0.05) is 17.3 Å². The SMILES string of the molecule is NC(=O)c1ccc(NC(=O)COC(=O)NC2CCNCC2)cc1. The second kappa shape index (κ2) is 8.14. The first-order valence-electron chi connectivity index (χ1n) is 7.38. The summed E-state index contributed by atoms with van der Waals surface area (Å²) in [6.45, 7) is 1.33. The third-order valence-electron chi connectivity index (χ3n) is 3.45. The van der Waals surface area contributed by atoms with Gasteiger partial charge in [-0.1, -0.05) is 0 Å². The maximum atomic E-state index is 11.7. The van der Waals surface area contributed by atoms with Crippen LogP contribution >= 0.6 is 0 Å². The van der Waals surface area contributed by atoms with Crippen LogP contribution in [0.25, 0.3) is 0 Å². The number of amides is 3. The Bertz CT molecular complexity index is 567. The predicted octanol–water partition coefficient (Wildman–Crippen LogP) is 0.202. The molecule has 0 atom stereocenters. The number of benzene rings is 1. The fraction of sp³-hybridized carbons (Fsp3) is 0.400.